The Morgan fingerprint density at radius 2 is 0.562 bits per heavy atom. The van der Waals surface area contributed by atoms with Crippen LogP contribution in [0.5, 0.6) is 0 Å². The molecule has 0 radical (unpaired) electrons. The minimum absolute atomic E-state index is 0.0454. The average molecular weight is 1420 g/mol. The van der Waals surface area contributed by atoms with E-state index >= 15 is 0 Å². The molecule has 23 heterocycles. The van der Waals surface area contributed by atoms with E-state index in [0.29, 0.717) is 45.9 Å². The van der Waals surface area contributed by atoms with Gasteiger partial charge < -0.3 is 174 Å². The minimum Gasteiger partial charge on any atom is -0.394 e. The van der Waals surface area contributed by atoms with Crippen LogP contribution in [0.15, 0.2) is 48.5 Å². The molecule has 23 aliphatic heterocycles. The van der Waals surface area contributed by atoms with Crippen molar-refractivity contribution in [2.24, 2.45) is 0 Å². The number of ether oxygens (including phenoxy) is 14. The van der Waals surface area contributed by atoms with Crippen molar-refractivity contribution in [1.29, 1.82) is 0 Å². The third kappa shape index (κ3) is 15.4. The summed E-state index contributed by atoms with van der Waals surface area (Å²) < 4.78 is 83.0. The summed E-state index contributed by atoms with van der Waals surface area (Å²) in [5.41, 5.74) is 2.30. The fourth-order valence-corrected chi connectivity index (χ4v) is 14.2. The van der Waals surface area contributed by atoms with Crippen molar-refractivity contribution >= 4 is 39.7 Å². The molecule has 16 fully saturated rings. The summed E-state index contributed by atoms with van der Waals surface area (Å²) in [6.07, 6.45) is -71.5. The van der Waals surface area contributed by atoms with Crippen LogP contribution in [0.3, 0.4) is 0 Å². The number of hydrogen-bond donors (Lipinski definition) is 21. The number of rotatable bonds is 5. The second kappa shape index (κ2) is 32.0. The molecule has 37 nitrogen and oxygen atoms in total. The number of aliphatic hydroxyl groups is 19. The van der Waals surface area contributed by atoms with Gasteiger partial charge in [-0.3, -0.25) is 9.59 Å². The van der Waals surface area contributed by atoms with Crippen molar-refractivity contribution < 1.29 is 173 Å². The number of nitrogens with one attached hydrogen (secondary N) is 2. The molecule has 20 bridgehead atoms. The molecule has 2 aromatic carbocycles. The van der Waals surface area contributed by atoms with E-state index in [1.54, 1.807) is 48.5 Å². The normalized spacial score (nSPS) is 47.9. The van der Waals surface area contributed by atoms with Crippen LogP contribution in [0.25, 0.3) is 11.1 Å². The molecule has 23 aliphatic rings. The number of benzene rings is 2. The zero-order chi connectivity index (χ0) is 68.7. The molecular weight excluding hydrogens is 1340 g/mol. The molecule has 96 heavy (non-hydrogen) atoms. The predicted molar refractivity (Wildman–Crippen MR) is 312 cm³/mol. The molecular formula is C57H80N2O35S2. The van der Waals surface area contributed by atoms with Crippen molar-refractivity contribution in [3.05, 3.63) is 54.1 Å². The zero-order valence-corrected chi connectivity index (χ0v) is 52.0. The van der Waals surface area contributed by atoms with Gasteiger partial charge in [0.25, 0.3) is 10.5 Å². The molecule has 540 valence electrons. The number of amides is 2. The van der Waals surface area contributed by atoms with Crippen molar-refractivity contribution in [3.8, 4) is 11.1 Å². The Kier molecular flexibility index (Phi) is 24.6. The fraction of sp³-hybridized carbons (Fsp3) is 0.754. The third-order valence-electron chi connectivity index (χ3n) is 18.0. The van der Waals surface area contributed by atoms with Crippen LogP contribution in [0, 0.1) is 0 Å². The van der Waals surface area contributed by atoms with Gasteiger partial charge in [0.1, 0.15) is 159 Å². The highest BCUT2D eigenvalue weighted by Crippen LogP contribution is 2.40. The summed E-state index contributed by atoms with van der Waals surface area (Å²) >= 11 is 1.09. The summed E-state index contributed by atoms with van der Waals surface area (Å²) in [5, 5.41) is 221. The van der Waals surface area contributed by atoms with Crippen LogP contribution in [0.4, 0.5) is 15.3 Å². The van der Waals surface area contributed by atoms with Crippen LogP contribution in [0.1, 0.15) is 5.56 Å². The van der Waals surface area contributed by atoms with Gasteiger partial charge in [0, 0.05) is 23.7 Å². The predicted octanol–water partition coefficient (Wildman–Crippen LogP) is -9.63. The number of carbonyl (C=O) groups is 2. The number of anilines is 1. The lowest BCUT2D eigenvalue weighted by Gasteiger charge is -2.50. The van der Waals surface area contributed by atoms with E-state index in [0.717, 1.165) is 0 Å². The Balaban J connectivity index is 0.965. The quantitative estimate of drug-likeness (QED) is 0.132. The van der Waals surface area contributed by atoms with Crippen molar-refractivity contribution in [2.75, 3.05) is 49.9 Å². The second-order valence-corrected chi connectivity index (χ2v) is 26.2. The van der Waals surface area contributed by atoms with E-state index in [-0.39, 0.29) is 6.54 Å². The Bertz CT molecular complexity index is 2840. The first kappa shape index (κ1) is 74.0. The topological polar surface area (TPSA) is 572 Å². The van der Waals surface area contributed by atoms with Gasteiger partial charge in [-0.25, -0.2) is 0 Å². The van der Waals surface area contributed by atoms with Crippen LogP contribution >= 0.6 is 23.5 Å². The molecule has 21 N–H and O–H groups in total. The molecule has 0 aliphatic carbocycles. The van der Waals surface area contributed by atoms with E-state index in [2.05, 4.69) is 10.6 Å². The van der Waals surface area contributed by atoms with Crippen LogP contribution in [-0.2, 0) is 72.9 Å². The van der Waals surface area contributed by atoms with Gasteiger partial charge in [-0.05, 0) is 28.8 Å². The van der Waals surface area contributed by atoms with E-state index < -0.39 is 270 Å². The summed E-state index contributed by atoms with van der Waals surface area (Å²) in [4.78, 5) is 27.4. The maximum Gasteiger partial charge on any atom is 0.283 e. The highest BCUT2D eigenvalue weighted by Gasteiger charge is 2.60. The minimum atomic E-state index is -2.26. The molecule has 0 saturated carbocycles. The second-order valence-electron chi connectivity index (χ2n) is 24.2. The summed E-state index contributed by atoms with van der Waals surface area (Å²) in [6, 6.07) is 13.5. The molecule has 0 aromatic heterocycles. The number of carbonyl (C=O) groups excluding carboxylic acids is 2. The smallest absolute Gasteiger partial charge is 0.283 e. The fourth-order valence-electron chi connectivity index (χ4n) is 12.6. The maximum absolute atomic E-state index is 13.7. The number of hydrogen-bond acceptors (Lipinski definition) is 37. The maximum atomic E-state index is 13.7. The number of thioether (sulfide) groups is 2. The molecule has 2 aromatic rings. The Morgan fingerprint density at radius 1 is 0.312 bits per heavy atom. The Labute approximate surface area is 552 Å². The van der Waals surface area contributed by atoms with Crippen LogP contribution in [0.2, 0.25) is 0 Å². The highest BCUT2D eigenvalue weighted by molar-refractivity contribution is 8.14. The van der Waals surface area contributed by atoms with Crippen molar-refractivity contribution in [2.45, 2.75) is 221 Å². The van der Waals surface area contributed by atoms with Crippen LogP contribution < -0.4 is 10.6 Å². The number of aliphatic hydroxyl groups excluding tert-OH is 19. The molecule has 2 amide bonds. The van der Waals surface area contributed by atoms with Gasteiger partial charge in [-0.2, -0.15) is 0 Å². The molecule has 16 saturated heterocycles. The highest BCUT2D eigenvalue weighted by atomic mass is 32.2. The average Bonchev–Trinajstić information content (AvgIpc) is 0.780. The van der Waals surface area contributed by atoms with Gasteiger partial charge in [-0.15, -0.1) is 0 Å². The summed E-state index contributed by atoms with van der Waals surface area (Å²) in [7, 11) is 0. The van der Waals surface area contributed by atoms with E-state index in [9.17, 15) is 107 Å². The molecule has 35 unspecified atom stereocenters. The van der Waals surface area contributed by atoms with Gasteiger partial charge >= 0.3 is 0 Å². The van der Waals surface area contributed by atoms with Gasteiger partial charge in [0.15, 0.2) is 44.0 Å². The molecule has 0 spiro atoms. The van der Waals surface area contributed by atoms with E-state index in [1.807, 2.05) is 0 Å². The largest absolute Gasteiger partial charge is 0.394 e. The van der Waals surface area contributed by atoms with Crippen molar-refractivity contribution in [3.63, 3.8) is 0 Å². The lowest BCUT2D eigenvalue weighted by molar-refractivity contribution is -0.395. The zero-order valence-electron chi connectivity index (χ0n) is 50.3. The van der Waals surface area contributed by atoms with Gasteiger partial charge in [0.2, 0.25) is 0 Å². The standard InChI is InChI=1S/C57H80N2O35S2/c60-10-21-42-28(65)35(72)49(81-21)89-44-23(12-62)85-53(39(76)32(44)69)94-48-27-16-96-57(80)59-20-7-5-19(6-8-20)18-3-1-17(2-4-18)9-58-56(79)95-15-26-47(33(70)40(77)54(86-26)91-45-24(13-63)82-50(88-42)36(73)29(45)66)93-52-38(75)31(68)43(22(11-61)84-52)90-51-37(74)30(67)46(25(14-64)83-51)92-55(87-27)41(78)34(48)71/h1-8,21-55,60-78H,9-16H2,(H,58,79)(H,59,80). The lowest BCUT2D eigenvalue weighted by Crippen LogP contribution is -2.68. The molecule has 35 atom stereocenters. The third-order valence-corrected chi connectivity index (χ3v) is 19.8. The molecule has 39 heteroatoms. The van der Waals surface area contributed by atoms with E-state index in [1.165, 1.54) is 0 Å². The van der Waals surface area contributed by atoms with E-state index in [4.69, 9.17) is 66.3 Å². The SMILES string of the molecule is O=C1NCc2ccc(cc2)-c2ccc(cc2)NC(=O)SCC2OC3OC4C(CO)OC(OC5C(CO)OC(OC6C(CS1)OC(OC1C(CO)OC(OC7C(CO)OC(OC8C(CO)OC(OC2C(O)C3O)C(O)C8O)C(O)C7O)C(O)C1O)C(O)C6O)C(O)C5O)C(O)C4O. The van der Waals surface area contributed by atoms with Gasteiger partial charge in [-0.1, -0.05) is 59.9 Å². The monoisotopic (exact) mass is 1420 g/mol. The van der Waals surface area contributed by atoms with Gasteiger partial charge in [0.05, 0.1) is 45.2 Å². The Hall–Kier alpha value is -3.24. The lowest BCUT2D eigenvalue weighted by atomic mass is 9.95. The first-order chi connectivity index (χ1) is 45.9. The first-order valence-corrected chi connectivity index (χ1v) is 32.7. The molecule has 25 rings (SSSR count). The summed E-state index contributed by atoms with van der Waals surface area (Å²) in [5.74, 6) is -1.03. The first-order valence-electron chi connectivity index (χ1n) is 30.7. The summed E-state index contributed by atoms with van der Waals surface area (Å²) in [6.45, 7) is -5.41. The van der Waals surface area contributed by atoms with Crippen molar-refractivity contribution in [1.82, 2.24) is 5.32 Å². The number of fused-ring (bicyclic) bond motifs is 3. The van der Waals surface area contributed by atoms with Crippen LogP contribution in [-0.4, -0.2) is 367 Å². The Morgan fingerprint density at radius 3 is 0.854 bits per heavy atom.